The standard InChI is InChI=1S/C24H23N5O2/c1-15(17-7-4-3-5-8-17)25-23(30)19-9-6-10-20(13-19)29-22(18-11-12-18)14-21(28-29)24-27-26-16(2)31-24/h3-10,13-15,18H,11-12H2,1-2H3,(H,25,30)/t15-/m1/s1. The fraction of sp³-hybridized carbons (Fsp3) is 0.250. The van der Waals surface area contributed by atoms with Gasteiger partial charge in [-0.25, -0.2) is 4.68 Å². The third-order valence-electron chi connectivity index (χ3n) is 5.48. The van der Waals surface area contributed by atoms with E-state index in [1.807, 2.05) is 72.3 Å². The number of nitrogens with one attached hydrogen (secondary N) is 1. The molecule has 0 saturated heterocycles. The second-order valence-electron chi connectivity index (χ2n) is 7.92. The summed E-state index contributed by atoms with van der Waals surface area (Å²) in [6.07, 6.45) is 2.26. The number of rotatable bonds is 6. The molecule has 2 heterocycles. The van der Waals surface area contributed by atoms with E-state index in [0.717, 1.165) is 29.8 Å². The van der Waals surface area contributed by atoms with Crippen LogP contribution in [0.15, 0.2) is 65.1 Å². The van der Waals surface area contributed by atoms with Crippen molar-refractivity contribution in [3.8, 4) is 17.3 Å². The van der Waals surface area contributed by atoms with Crippen LogP contribution in [0.4, 0.5) is 0 Å². The van der Waals surface area contributed by atoms with Crippen molar-refractivity contribution in [1.29, 1.82) is 0 Å². The molecule has 0 unspecified atom stereocenters. The molecule has 0 aliphatic heterocycles. The van der Waals surface area contributed by atoms with Gasteiger partial charge in [0.2, 0.25) is 5.89 Å². The summed E-state index contributed by atoms with van der Waals surface area (Å²) < 4.78 is 7.45. The lowest BCUT2D eigenvalue weighted by Gasteiger charge is -2.15. The number of nitrogens with zero attached hydrogens (tertiary/aromatic N) is 4. The second-order valence-corrected chi connectivity index (χ2v) is 7.92. The van der Waals surface area contributed by atoms with Crippen molar-refractivity contribution in [3.05, 3.63) is 83.4 Å². The Labute approximate surface area is 180 Å². The molecule has 156 valence electrons. The molecule has 4 aromatic rings. The van der Waals surface area contributed by atoms with Crippen molar-refractivity contribution in [2.75, 3.05) is 0 Å². The van der Waals surface area contributed by atoms with Gasteiger partial charge < -0.3 is 9.73 Å². The lowest BCUT2D eigenvalue weighted by Crippen LogP contribution is -2.26. The molecule has 0 radical (unpaired) electrons. The molecule has 2 aromatic carbocycles. The van der Waals surface area contributed by atoms with Gasteiger partial charge in [-0.1, -0.05) is 36.4 Å². The highest BCUT2D eigenvalue weighted by Gasteiger charge is 2.30. The molecule has 5 rings (SSSR count). The Kier molecular flexibility index (Phi) is 4.86. The minimum atomic E-state index is -0.119. The predicted octanol–water partition coefficient (Wildman–Crippen LogP) is 4.60. The number of carbonyl (C=O) groups is 1. The summed E-state index contributed by atoms with van der Waals surface area (Å²) in [6.45, 7) is 3.74. The van der Waals surface area contributed by atoms with Gasteiger partial charge in [-0.3, -0.25) is 4.79 Å². The van der Waals surface area contributed by atoms with Crippen LogP contribution in [-0.2, 0) is 0 Å². The maximum absolute atomic E-state index is 12.9. The number of benzene rings is 2. The van der Waals surface area contributed by atoms with E-state index in [4.69, 9.17) is 9.52 Å². The van der Waals surface area contributed by atoms with Crippen LogP contribution in [0.1, 0.15) is 59.2 Å². The van der Waals surface area contributed by atoms with Gasteiger partial charge in [0, 0.05) is 24.1 Å². The molecular formula is C24H23N5O2. The average Bonchev–Trinajstić information content (AvgIpc) is 3.39. The monoisotopic (exact) mass is 413 g/mol. The van der Waals surface area contributed by atoms with E-state index >= 15 is 0 Å². The average molecular weight is 413 g/mol. The lowest BCUT2D eigenvalue weighted by atomic mass is 10.1. The van der Waals surface area contributed by atoms with Gasteiger partial charge in [0.25, 0.3) is 11.8 Å². The summed E-state index contributed by atoms with van der Waals surface area (Å²) in [5.41, 5.74) is 4.24. The van der Waals surface area contributed by atoms with E-state index in [2.05, 4.69) is 15.5 Å². The quantitative estimate of drug-likeness (QED) is 0.499. The summed E-state index contributed by atoms with van der Waals surface area (Å²) in [5, 5.41) is 15.8. The van der Waals surface area contributed by atoms with E-state index in [-0.39, 0.29) is 11.9 Å². The summed E-state index contributed by atoms with van der Waals surface area (Å²) in [6, 6.07) is 19.4. The number of amides is 1. The molecule has 0 spiro atoms. The number of aromatic nitrogens is 4. The summed E-state index contributed by atoms with van der Waals surface area (Å²) in [5.74, 6) is 1.25. The van der Waals surface area contributed by atoms with Crippen molar-refractivity contribution in [3.63, 3.8) is 0 Å². The molecule has 7 nitrogen and oxygen atoms in total. The van der Waals surface area contributed by atoms with Gasteiger partial charge in [-0.05, 0) is 49.6 Å². The molecule has 1 aliphatic rings. The van der Waals surface area contributed by atoms with Gasteiger partial charge in [0.1, 0.15) is 5.69 Å². The van der Waals surface area contributed by atoms with Crippen LogP contribution in [0.3, 0.4) is 0 Å². The summed E-state index contributed by atoms with van der Waals surface area (Å²) in [4.78, 5) is 12.9. The SMILES string of the molecule is Cc1nnc(-c2cc(C3CC3)n(-c3cccc(C(=O)N[C@H](C)c4ccccc4)c3)n2)o1. The Hall–Kier alpha value is -3.74. The summed E-state index contributed by atoms with van der Waals surface area (Å²) in [7, 11) is 0. The van der Waals surface area contributed by atoms with Crippen molar-refractivity contribution in [2.24, 2.45) is 0 Å². The minimum absolute atomic E-state index is 0.0866. The lowest BCUT2D eigenvalue weighted by molar-refractivity contribution is 0.0940. The Bertz CT molecular complexity index is 1220. The molecule has 1 amide bonds. The van der Waals surface area contributed by atoms with Crippen LogP contribution in [0, 0.1) is 6.92 Å². The first-order valence-corrected chi connectivity index (χ1v) is 10.4. The first kappa shape index (κ1) is 19.2. The highest BCUT2D eigenvalue weighted by molar-refractivity contribution is 5.95. The molecule has 31 heavy (non-hydrogen) atoms. The molecule has 0 bridgehead atoms. The fourth-order valence-corrected chi connectivity index (χ4v) is 3.66. The molecular weight excluding hydrogens is 390 g/mol. The van der Waals surface area contributed by atoms with Crippen LogP contribution in [0.25, 0.3) is 17.3 Å². The molecule has 1 atom stereocenters. The van der Waals surface area contributed by atoms with Crippen LogP contribution in [0.5, 0.6) is 0 Å². The first-order valence-electron chi connectivity index (χ1n) is 10.4. The number of hydrogen-bond donors (Lipinski definition) is 1. The fourth-order valence-electron chi connectivity index (χ4n) is 3.66. The Morgan fingerprint density at radius 1 is 1.10 bits per heavy atom. The third kappa shape index (κ3) is 3.99. The largest absolute Gasteiger partial charge is 0.420 e. The minimum Gasteiger partial charge on any atom is -0.420 e. The molecule has 1 fully saturated rings. The Morgan fingerprint density at radius 2 is 1.90 bits per heavy atom. The Morgan fingerprint density at radius 3 is 2.61 bits per heavy atom. The zero-order valence-electron chi connectivity index (χ0n) is 17.4. The molecule has 7 heteroatoms. The van der Waals surface area contributed by atoms with Gasteiger partial charge in [-0.2, -0.15) is 5.10 Å². The molecule has 1 saturated carbocycles. The highest BCUT2D eigenvalue weighted by Crippen LogP contribution is 2.42. The van der Waals surface area contributed by atoms with E-state index in [1.165, 1.54) is 0 Å². The zero-order chi connectivity index (χ0) is 21.4. The molecule has 2 aromatic heterocycles. The van der Waals surface area contributed by atoms with Crippen LogP contribution in [0.2, 0.25) is 0 Å². The molecule has 1 N–H and O–H groups in total. The van der Waals surface area contributed by atoms with Crippen LogP contribution in [-0.4, -0.2) is 25.9 Å². The van der Waals surface area contributed by atoms with E-state index in [1.54, 1.807) is 6.92 Å². The number of hydrogen-bond acceptors (Lipinski definition) is 5. The predicted molar refractivity (Wildman–Crippen MR) is 116 cm³/mol. The van der Waals surface area contributed by atoms with Gasteiger partial charge in [0.05, 0.1) is 11.7 Å². The van der Waals surface area contributed by atoms with Crippen molar-refractivity contribution in [1.82, 2.24) is 25.3 Å². The van der Waals surface area contributed by atoms with Crippen molar-refractivity contribution < 1.29 is 9.21 Å². The smallest absolute Gasteiger partial charge is 0.268 e. The van der Waals surface area contributed by atoms with Gasteiger partial charge in [0.15, 0.2) is 0 Å². The van der Waals surface area contributed by atoms with Gasteiger partial charge in [-0.15, -0.1) is 10.2 Å². The number of carbonyl (C=O) groups excluding carboxylic acids is 1. The Balaban J connectivity index is 1.43. The van der Waals surface area contributed by atoms with Crippen LogP contribution < -0.4 is 5.32 Å². The van der Waals surface area contributed by atoms with Crippen molar-refractivity contribution >= 4 is 5.91 Å². The maximum Gasteiger partial charge on any atom is 0.268 e. The third-order valence-corrected chi connectivity index (χ3v) is 5.48. The number of aryl methyl sites for hydroxylation is 1. The van der Waals surface area contributed by atoms with Crippen LogP contribution >= 0.6 is 0 Å². The second kappa shape index (κ2) is 7.83. The first-order chi connectivity index (χ1) is 15.1. The van der Waals surface area contributed by atoms with E-state index in [9.17, 15) is 4.79 Å². The summed E-state index contributed by atoms with van der Waals surface area (Å²) >= 11 is 0. The normalized spacial score (nSPS) is 14.4. The van der Waals surface area contributed by atoms with E-state index in [0.29, 0.717) is 29.0 Å². The van der Waals surface area contributed by atoms with E-state index < -0.39 is 0 Å². The van der Waals surface area contributed by atoms with Gasteiger partial charge >= 0.3 is 0 Å². The van der Waals surface area contributed by atoms with Crippen molar-refractivity contribution in [2.45, 2.75) is 38.6 Å². The maximum atomic E-state index is 12.9. The topological polar surface area (TPSA) is 85.8 Å². The highest BCUT2D eigenvalue weighted by atomic mass is 16.4. The molecule has 1 aliphatic carbocycles. The zero-order valence-corrected chi connectivity index (χ0v) is 17.4.